The van der Waals surface area contributed by atoms with Crippen molar-refractivity contribution in [3.8, 4) is 11.1 Å². The molecule has 0 radical (unpaired) electrons. The quantitative estimate of drug-likeness (QED) is 0.399. The highest BCUT2D eigenvalue weighted by Gasteiger charge is 2.05. The highest BCUT2D eigenvalue weighted by Crippen LogP contribution is 2.31. The average Bonchev–Trinajstić information content (AvgIpc) is 2.54. The Hall–Kier alpha value is -2.60. The molecule has 4 aromatic carbocycles. The van der Waals surface area contributed by atoms with E-state index >= 15 is 0 Å². The van der Waals surface area contributed by atoms with Gasteiger partial charge in [-0.05, 0) is 51.2 Å². The van der Waals surface area contributed by atoms with Crippen LogP contribution in [0.3, 0.4) is 0 Å². The van der Waals surface area contributed by atoms with Crippen LogP contribution >= 0.6 is 0 Å². The number of benzene rings is 4. The van der Waals surface area contributed by atoms with Crippen LogP contribution < -0.4 is 0 Å². The first-order valence-corrected chi connectivity index (χ1v) is 7.30. The molecular weight excluding hydrogens is 252 g/mol. The molecule has 0 fully saturated rings. The van der Waals surface area contributed by atoms with Crippen LogP contribution in [0.4, 0.5) is 0 Å². The molecule has 0 aromatic heterocycles. The van der Waals surface area contributed by atoms with Gasteiger partial charge in [-0.2, -0.15) is 0 Å². The van der Waals surface area contributed by atoms with E-state index in [2.05, 4.69) is 85.8 Å². The normalized spacial score (nSPS) is 11.1. The Morgan fingerprint density at radius 3 is 2.19 bits per heavy atom. The van der Waals surface area contributed by atoms with E-state index in [0.29, 0.717) is 0 Å². The predicted molar refractivity (Wildman–Crippen MR) is 91.6 cm³/mol. The minimum absolute atomic E-state index is 1.29. The van der Waals surface area contributed by atoms with Gasteiger partial charge in [0.05, 0.1) is 0 Å². The largest absolute Gasteiger partial charge is 0.0616 e. The van der Waals surface area contributed by atoms with Crippen LogP contribution in [-0.2, 0) is 0 Å². The van der Waals surface area contributed by atoms with Gasteiger partial charge in [-0.3, -0.25) is 0 Å². The lowest BCUT2D eigenvalue weighted by Crippen LogP contribution is -1.83. The Morgan fingerprint density at radius 1 is 0.571 bits per heavy atom. The second-order valence-corrected chi connectivity index (χ2v) is 5.54. The van der Waals surface area contributed by atoms with Crippen molar-refractivity contribution in [3.05, 3.63) is 84.4 Å². The zero-order valence-corrected chi connectivity index (χ0v) is 12.0. The predicted octanol–water partition coefficient (Wildman–Crippen LogP) is 5.97. The second-order valence-electron chi connectivity index (χ2n) is 5.54. The maximum Gasteiger partial charge on any atom is -0.0105 e. The molecule has 0 spiro atoms. The molecule has 0 saturated heterocycles. The third kappa shape index (κ3) is 2.00. The van der Waals surface area contributed by atoms with E-state index in [4.69, 9.17) is 0 Å². The van der Waals surface area contributed by atoms with Gasteiger partial charge in [0.15, 0.2) is 0 Å². The number of rotatable bonds is 1. The summed E-state index contributed by atoms with van der Waals surface area (Å²) in [5.41, 5.74) is 3.92. The van der Waals surface area contributed by atoms with E-state index in [9.17, 15) is 0 Å². The molecule has 4 aromatic rings. The topological polar surface area (TPSA) is 0 Å². The smallest absolute Gasteiger partial charge is 0.0105 e. The minimum atomic E-state index is 1.29. The van der Waals surface area contributed by atoms with Gasteiger partial charge in [0.2, 0.25) is 0 Å². The fourth-order valence-electron chi connectivity index (χ4n) is 3.07. The minimum Gasteiger partial charge on any atom is -0.0616 e. The van der Waals surface area contributed by atoms with Crippen molar-refractivity contribution in [2.24, 2.45) is 0 Å². The Bertz CT molecular complexity index is 943. The van der Waals surface area contributed by atoms with E-state index in [1.54, 1.807) is 0 Å². The first kappa shape index (κ1) is 12.2. The van der Waals surface area contributed by atoms with Gasteiger partial charge < -0.3 is 0 Å². The van der Waals surface area contributed by atoms with Gasteiger partial charge in [-0.1, -0.05) is 72.8 Å². The van der Waals surface area contributed by atoms with E-state index in [0.717, 1.165) is 0 Å². The molecule has 0 atom stereocenters. The summed E-state index contributed by atoms with van der Waals surface area (Å²) in [5, 5.41) is 5.25. The summed E-state index contributed by atoms with van der Waals surface area (Å²) in [5.74, 6) is 0. The summed E-state index contributed by atoms with van der Waals surface area (Å²) >= 11 is 0. The molecule has 0 heterocycles. The summed E-state index contributed by atoms with van der Waals surface area (Å²) in [6.45, 7) is 2.18. The first-order chi connectivity index (χ1) is 10.3. The summed E-state index contributed by atoms with van der Waals surface area (Å²) in [6.07, 6.45) is 0. The number of hydrogen-bond donors (Lipinski definition) is 0. The van der Waals surface area contributed by atoms with Gasteiger partial charge >= 0.3 is 0 Å². The fourth-order valence-corrected chi connectivity index (χ4v) is 3.07. The van der Waals surface area contributed by atoms with Crippen molar-refractivity contribution in [3.63, 3.8) is 0 Å². The lowest BCUT2D eigenvalue weighted by atomic mass is 9.95. The standard InChI is InChI=1S/C21H16/c1-15-6-4-8-17-12-13-18(14-21(15)17)20-11-5-9-16-7-2-3-10-19(16)20/h2-14H,1H3. The van der Waals surface area contributed by atoms with E-state index in [-0.39, 0.29) is 0 Å². The van der Waals surface area contributed by atoms with Crippen molar-refractivity contribution in [2.75, 3.05) is 0 Å². The molecular formula is C21H16. The Morgan fingerprint density at radius 2 is 1.29 bits per heavy atom. The monoisotopic (exact) mass is 268 g/mol. The Balaban J connectivity index is 2.02. The Labute approximate surface area is 124 Å². The third-order valence-corrected chi connectivity index (χ3v) is 4.20. The first-order valence-electron chi connectivity index (χ1n) is 7.30. The Kier molecular flexibility index (Phi) is 2.75. The van der Waals surface area contributed by atoms with Gasteiger partial charge in [0, 0.05) is 0 Å². The molecule has 0 nitrogen and oxygen atoms in total. The summed E-state index contributed by atoms with van der Waals surface area (Å²) in [7, 11) is 0. The van der Waals surface area contributed by atoms with Gasteiger partial charge in [0.25, 0.3) is 0 Å². The van der Waals surface area contributed by atoms with Crippen molar-refractivity contribution in [2.45, 2.75) is 6.92 Å². The van der Waals surface area contributed by atoms with Crippen LogP contribution in [-0.4, -0.2) is 0 Å². The molecule has 0 aliphatic heterocycles. The van der Waals surface area contributed by atoms with Gasteiger partial charge in [0.1, 0.15) is 0 Å². The summed E-state index contributed by atoms with van der Waals surface area (Å²) < 4.78 is 0. The lowest BCUT2D eigenvalue weighted by Gasteiger charge is -2.09. The number of aryl methyl sites for hydroxylation is 1. The second kappa shape index (κ2) is 4.75. The number of hydrogen-bond acceptors (Lipinski definition) is 0. The molecule has 0 amide bonds. The number of fused-ring (bicyclic) bond motifs is 2. The van der Waals surface area contributed by atoms with E-state index in [1.165, 1.54) is 38.2 Å². The lowest BCUT2D eigenvalue weighted by molar-refractivity contribution is 1.53. The zero-order chi connectivity index (χ0) is 14.2. The molecule has 100 valence electrons. The van der Waals surface area contributed by atoms with Crippen LogP contribution in [0, 0.1) is 6.92 Å². The molecule has 0 N–H and O–H groups in total. The van der Waals surface area contributed by atoms with Gasteiger partial charge in [-0.25, -0.2) is 0 Å². The molecule has 0 unspecified atom stereocenters. The summed E-state index contributed by atoms with van der Waals surface area (Å²) in [6, 6.07) is 28.3. The van der Waals surface area contributed by atoms with E-state index in [1.807, 2.05) is 0 Å². The molecule has 0 aliphatic carbocycles. The maximum atomic E-state index is 2.31. The van der Waals surface area contributed by atoms with Crippen molar-refractivity contribution in [1.82, 2.24) is 0 Å². The molecule has 0 saturated carbocycles. The molecule has 4 rings (SSSR count). The van der Waals surface area contributed by atoms with Crippen molar-refractivity contribution >= 4 is 21.5 Å². The van der Waals surface area contributed by atoms with Crippen LogP contribution in [0.1, 0.15) is 5.56 Å². The molecule has 0 bridgehead atoms. The van der Waals surface area contributed by atoms with Crippen LogP contribution in [0.25, 0.3) is 32.7 Å². The van der Waals surface area contributed by atoms with Crippen LogP contribution in [0.15, 0.2) is 78.9 Å². The van der Waals surface area contributed by atoms with Crippen molar-refractivity contribution < 1.29 is 0 Å². The molecule has 21 heavy (non-hydrogen) atoms. The highest BCUT2D eigenvalue weighted by molar-refractivity contribution is 5.99. The zero-order valence-electron chi connectivity index (χ0n) is 12.0. The molecule has 0 aliphatic rings. The third-order valence-electron chi connectivity index (χ3n) is 4.20. The highest BCUT2D eigenvalue weighted by atomic mass is 14.1. The summed E-state index contributed by atoms with van der Waals surface area (Å²) in [4.78, 5) is 0. The fraction of sp³-hybridized carbons (Fsp3) is 0.0476. The molecule has 0 heteroatoms. The maximum absolute atomic E-state index is 2.31. The van der Waals surface area contributed by atoms with Crippen LogP contribution in [0.2, 0.25) is 0 Å². The van der Waals surface area contributed by atoms with E-state index < -0.39 is 0 Å². The van der Waals surface area contributed by atoms with Crippen molar-refractivity contribution in [1.29, 1.82) is 0 Å². The SMILES string of the molecule is Cc1cccc2ccc(-c3cccc4ccccc34)cc12. The van der Waals surface area contributed by atoms with Gasteiger partial charge in [-0.15, -0.1) is 0 Å². The average molecular weight is 268 g/mol. The van der Waals surface area contributed by atoms with Crippen LogP contribution in [0.5, 0.6) is 0 Å².